The summed E-state index contributed by atoms with van der Waals surface area (Å²) >= 11 is 1.83. The smallest absolute Gasteiger partial charge is 0.0486 e. The third-order valence-electron chi connectivity index (χ3n) is 3.18. The maximum atomic E-state index is 5.96. The van der Waals surface area contributed by atoms with Crippen molar-refractivity contribution in [2.45, 2.75) is 25.8 Å². The third-order valence-corrected chi connectivity index (χ3v) is 3.70. The minimum atomic E-state index is 0.161. The van der Waals surface area contributed by atoms with Crippen LogP contribution in [0.5, 0.6) is 0 Å². The molecule has 2 nitrogen and oxygen atoms in total. The van der Waals surface area contributed by atoms with Crippen molar-refractivity contribution in [3.05, 3.63) is 41.1 Å². The number of hydrogen-bond donors (Lipinski definition) is 1. The van der Waals surface area contributed by atoms with E-state index in [0.717, 1.165) is 18.6 Å². The van der Waals surface area contributed by atoms with Gasteiger partial charge in [-0.3, -0.25) is 0 Å². The van der Waals surface area contributed by atoms with E-state index in [2.05, 4.69) is 60.4 Å². The zero-order chi connectivity index (χ0) is 13.7. The van der Waals surface area contributed by atoms with Crippen molar-refractivity contribution in [3.63, 3.8) is 0 Å². The van der Waals surface area contributed by atoms with Crippen LogP contribution >= 0.6 is 11.8 Å². The molecule has 102 valence electrons. The Labute approximate surface area is 119 Å². The van der Waals surface area contributed by atoms with Gasteiger partial charge in [0, 0.05) is 29.0 Å². The van der Waals surface area contributed by atoms with Gasteiger partial charge in [0.2, 0.25) is 0 Å². The predicted octanol–water partition coefficient (Wildman–Crippen LogP) is 1.95. The highest BCUT2D eigenvalue weighted by atomic mass is 32.2. The largest absolute Gasteiger partial charge is 0.324 e. The average Bonchev–Trinajstić information content (AvgIpc) is 2.80. The molecule has 0 saturated heterocycles. The second-order valence-corrected chi connectivity index (χ2v) is 5.60. The van der Waals surface area contributed by atoms with E-state index in [1.54, 1.807) is 0 Å². The van der Waals surface area contributed by atoms with Gasteiger partial charge < -0.3 is 10.3 Å². The SMILES string of the molecule is CC/C=C(\C=C/CSC)n1ccc2c1=CCC(N)C=2. The monoisotopic (exact) mass is 274 g/mol. The number of aromatic nitrogens is 1. The van der Waals surface area contributed by atoms with Crippen molar-refractivity contribution in [3.8, 4) is 0 Å². The predicted molar refractivity (Wildman–Crippen MR) is 87.3 cm³/mol. The fourth-order valence-electron chi connectivity index (χ4n) is 2.31. The van der Waals surface area contributed by atoms with Gasteiger partial charge in [-0.25, -0.2) is 0 Å². The van der Waals surface area contributed by atoms with Gasteiger partial charge in [-0.05, 0) is 36.5 Å². The Bertz CT molecular complexity index is 593. The topological polar surface area (TPSA) is 30.9 Å². The number of thioether (sulfide) groups is 1. The maximum absolute atomic E-state index is 5.96. The Hall–Kier alpha value is -1.19. The van der Waals surface area contributed by atoms with E-state index in [-0.39, 0.29) is 6.04 Å². The van der Waals surface area contributed by atoms with Crippen molar-refractivity contribution >= 4 is 29.6 Å². The molecule has 0 radical (unpaired) electrons. The Morgan fingerprint density at radius 2 is 2.42 bits per heavy atom. The zero-order valence-electron chi connectivity index (χ0n) is 11.7. The number of fused-ring (bicyclic) bond motifs is 1. The number of hydrogen-bond acceptors (Lipinski definition) is 2. The molecule has 0 aliphatic heterocycles. The quantitative estimate of drug-likeness (QED) is 0.832. The van der Waals surface area contributed by atoms with Crippen molar-refractivity contribution in [2.75, 3.05) is 12.0 Å². The van der Waals surface area contributed by atoms with E-state index in [0.29, 0.717) is 0 Å². The van der Waals surface area contributed by atoms with Crippen LogP contribution in [0.15, 0.2) is 30.5 Å². The first-order chi connectivity index (χ1) is 9.26. The second-order valence-electron chi connectivity index (χ2n) is 4.69. The highest BCUT2D eigenvalue weighted by Crippen LogP contribution is 2.07. The summed E-state index contributed by atoms with van der Waals surface area (Å²) in [4.78, 5) is 0. The zero-order valence-corrected chi connectivity index (χ0v) is 12.5. The minimum Gasteiger partial charge on any atom is -0.324 e. The first kappa shape index (κ1) is 14.2. The molecule has 1 unspecified atom stereocenters. The molecular formula is C16H22N2S. The Morgan fingerprint density at radius 1 is 1.58 bits per heavy atom. The first-order valence-electron chi connectivity index (χ1n) is 6.77. The van der Waals surface area contributed by atoms with Gasteiger partial charge in [0.1, 0.15) is 0 Å². The van der Waals surface area contributed by atoms with E-state index in [1.165, 1.54) is 16.3 Å². The molecule has 3 heteroatoms. The lowest BCUT2D eigenvalue weighted by atomic mass is 10.1. The summed E-state index contributed by atoms with van der Waals surface area (Å²) < 4.78 is 2.26. The molecule has 19 heavy (non-hydrogen) atoms. The van der Waals surface area contributed by atoms with Crippen LogP contribution < -0.4 is 16.3 Å². The molecule has 1 aromatic heterocycles. The summed E-state index contributed by atoms with van der Waals surface area (Å²) in [6.07, 6.45) is 17.3. The van der Waals surface area contributed by atoms with Gasteiger partial charge >= 0.3 is 0 Å². The maximum Gasteiger partial charge on any atom is 0.0486 e. The van der Waals surface area contributed by atoms with Crippen LogP contribution in [-0.4, -0.2) is 22.6 Å². The molecule has 0 spiro atoms. The van der Waals surface area contributed by atoms with Crippen LogP contribution in [0.25, 0.3) is 17.8 Å². The van der Waals surface area contributed by atoms with Crippen LogP contribution in [0.3, 0.4) is 0 Å². The lowest BCUT2D eigenvalue weighted by molar-refractivity contribution is 0.877. The van der Waals surface area contributed by atoms with Crippen LogP contribution in [0.4, 0.5) is 0 Å². The van der Waals surface area contributed by atoms with Crippen molar-refractivity contribution < 1.29 is 0 Å². The molecule has 2 rings (SSSR count). The highest BCUT2D eigenvalue weighted by molar-refractivity contribution is 7.98. The van der Waals surface area contributed by atoms with E-state index in [9.17, 15) is 0 Å². The number of nitrogens with two attached hydrogens (primary N) is 1. The van der Waals surface area contributed by atoms with Crippen LogP contribution in [0.2, 0.25) is 0 Å². The summed E-state index contributed by atoms with van der Waals surface area (Å²) in [7, 11) is 0. The Balaban J connectivity index is 2.40. The Kier molecular flexibility index (Phi) is 5.11. The van der Waals surface area contributed by atoms with E-state index in [1.807, 2.05) is 11.8 Å². The molecule has 0 aromatic carbocycles. The summed E-state index contributed by atoms with van der Waals surface area (Å²) in [5, 5.41) is 2.52. The van der Waals surface area contributed by atoms with Gasteiger partial charge in [-0.2, -0.15) is 11.8 Å². The van der Waals surface area contributed by atoms with Crippen molar-refractivity contribution in [2.24, 2.45) is 5.73 Å². The third kappa shape index (κ3) is 3.43. The molecule has 0 saturated carbocycles. The molecule has 1 aliphatic carbocycles. The molecule has 0 bridgehead atoms. The highest BCUT2D eigenvalue weighted by Gasteiger charge is 2.06. The molecule has 0 amide bonds. The summed E-state index contributed by atoms with van der Waals surface area (Å²) in [6, 6.07) is 2.31. The van der Waals surface area contributed by atoms with Crippen LogP contribution in [-0.2, 0) is 0 Å². The van der Waals surface area contributed by atoms with Crippen LogP contribution in [0, 0.1) is 0 Å². The number of allylic oxidation sites excluding steroid dienone is 3. The first-order valence-corrected chi connectivity index (χ1v) is 8.16. The molecule has 1 atom stereocenters. The van der Waals surface area contributed by atoms with Crippen molar-refractivity contribution in [1.82, 2.24) is 4.57 Å². The summed E-state index contributed by atoms with van der Waals surface area (Å²) in [5.74, 6) is 1.05. The number of rotatable bonds is 5. The standard InChI is InChI=1S/C16H22N2S/c1-3-5-15(6-4-11-19-2)18-10-9-13-12-14(17)7-8-16(13)18/h4-6,8-10,12,14H,3,7,11,17H2,1-2H3/b6-4-,15-5+. The lowest BCUT2D eigenvalue weighted by Crippen LogP contribution is -2.35. The molecule has 1 aliphatic rings. The summed E-state index contributed by atoms with van der Waals surface area (Å²) in [5.41, 5.74) is 7.21. The molecule has 2 N–H and O–H groups in total. The number of nitrogens with zero attached hydrogens (tertiary/aromatic N) is 1. The fourth-order valence-corrected chi connectivity index (χ4v) is 2.60. The normalized spacial score (nSPS) is 19.1. The van der Waals surface area contributed by atoms with Gasteiger partial charge in [0.05, 0.1) is 0 Å². The second kappa shape index (κ2) is 6.83. The molecule has 1 heterocycles. The average molecular weight is 274 g/mol. The lowest BCUT2D eigenvalue weighted by Gasteiger charge is -2.09. The minimum absolute atomic E-state index is 0.161. The van der Waals surface area contributed by atoms with Gasteiger partial charge in [-0.15, -0.1) is 0 Å². The van der Waals surface area contributed by atoms with E-state index < -0.39 is 0 Å². The van der Waals surface area contributed by atoms with Gasteiger partial charge in [0.25, 0.3) is 0 Å². The van der Waals surface area contributed by atoms with Crippen LogP contribution in [0.1, 0.15) is 19.8 Å². The molecular weight excluding hydrogens is 252 g/mol. The van der Waals surface area contributed by atoms with E-state index >= 15 is 0 Å². The molecule has 0 fully saturated rings. The molecule has 1 aromatic rings. The Morgan fingerprint density at radius 3 is 3.16 bits per heavy atom. The van der Waals surface area contributed by atoms with Gasteiger partial charge in [0.15, 0.2) is 0 Å². The van der Waals surface area contributed by atoms with Gasteiger partial charge in [-0.1, -0.05) is 31.2 Å². The van der Waals surface area contributed by atoms with E-state index in [4.69, 9.17) is 5.73 Å². The summed E-state index contributed by atoms with van der Waals surface area (Å²) in [6.45, 7) is 2.17. The van der Waals surface area contributed by atoms with Crippen molar-refractivity contribution in [1.29, 1.82) is 0 Å². The fraction of sp³-hybridized carbons (Fsp3) is 0.375.